The molecule has 0 aromatic carbocycles. The number of aryl methyl sites for hydroxylation is 1. The molecule has 0 N–H and O–H groups in total. The van der Waals surface area contributed by atoms with E-state index in [1.54, 1.807) is 13.0 Å². The molecule has 1 unspecified atom stereocenters. The van der Waals surface area contributed by atoms with E-state index in [4.69, 9.17) is 5.26 Å². The number of carbonyl (C=O) groups is 2. The SMILES string of the molecule is COC(=O)C1CC(=O)N(c2ncc(C#N)cc2C)C1. The van der Waals surface area contributed by atoms with E-state index in [2.05, 4.69) is 9.72 Å². The minimum absolute atomic E-state index is 0.133. The minimum atomic E-state index is -0.450. The number of hydrogen-bond acceptors (Lipinski definition) is 5. The monoisotopic (exact) mass is 259 g/mol. The maximum absolute atomic E-state index is 11.9. The van der Waals surface area contributed by atoms with Crippen molar-refractivity contribution < 1.29 is 14.3 Å². The number of nitrogens with zero attached hydrogens (tertiary/aromatic N) is 3. The standard InChI is InChI=1S/C13H13N3O3/c1-8-3-9(5-14)6-15-12(8)16-7-10(4-11(16)17)13(18)19-2/h3,6,10H,4,7H2,1-2H3. The van der Waals surface area contributed by atoms with Gasteiger partial charge in [-0.25, -0.2) is 4.98 Å². The normalized spacial score (nSPS) is 18.3. The van der Waals surface area contributed by atoms with Gasteiger partial charge in [0.05, 0.1) is 18.6 Å². The molecule has 6 heteroatoms. The first kappa shape index (κ1) is 13.0. The van der Waals surface area contributed by atoms with Crippen LogP contribution in [0.25, 0.3) is 0 Å². The van der Waals surface area contributed by atoms with Crippen LogP contribution in [-0.2, 0) is 14.3 Å². The van der Waals surface area contributed by atoms with Gasteiger partial charge in [-0.05, 0) is 18.6 Å². The summed E-state index contributed by atoms with van der Waals surface area (Å²) in [5.74, 6) is -0.498. The van der Waals surface area contributed by atoms with E-state index in [9.17, 15) is 9.59 Å². The molecule has 2 rings (SSSR count). The highest BCUT2D eigenvalue weighted by molar-refractivity contribution is 5.99. The first-order valence-electron chi connectivity index (χ1n) is 5.81. The number of methoxy groups -OCH3 is 1. The number of esters is 1. The van der Waals surface area contributed by atoms with E-state index < -0.39 is 5.92 Å². The highest BCUT2D eigenvalue weighted by Crippen LogP contribution is 2.26. The molecular weight excluding hydrogens is 246 g/mol. The number of amides is 1. The second kappa shape index (κ2) is 5.06. The lowest BCUT2D eigenvalue weighted by molar-refractivity contribution is -0.145. The summed E-state index contributed by atoms with van der Waals surface area (Å²) < 4.78 is 4.65. The van der Waals surface area contributed by atoms with Gasteiger partial charge >= 0.3 is 5.97 Å². The van der Waals surface area contributed by atoms with Crippen LogP contribution >= 0.6 is 0 Å². The highest BCUT2D eigenvalue weighted by atomic mass is 16.5. The van der Waals surface area contributed by atoms with Gasteiger partial charge in [0.15, 0.2) is 0 Å². The Bertz CT molecular complexity index is 577. The lowest BCUT2D eigenvalue weighted by Gasteiger charge is -2.17. The number of pyridine rings is 1. The second-order valence-electron chi connectivity index (χ2n) is 4.40. The molecule has 0 saturated carbocycles. The van der Waals surface area contributed by atoms with Gasteiger partial charge in [-0.15, -0.1) is 0 Å². The maximum Gasteiger partial charge on any atom is 0.311 e. The number of aromatic nitrogens is 1. The fourth-order valence-electron chi connectivity index (χ4n) is 2.15. The Kier molecular flexibility index (Phi) is 3.47. The van der Waals surface area contributed by atoms with Gasteiger partial charge < -0.3 is 4.74 Å². The number of carbonyl (C=O) groups excluding carboxylic acids is 2. The van der Waals surface area contributed by atoms with Crippen molar-refractivity contribution in [2.24, 2.45) is 5.92 Å². The molecule has 1 aliphatic heterocycles. The summed E-state index contributed by atoms with van der Waals surface area (Å²) in [4.78, 5) is 29.0. The molecule has 0 spiro atoms. The van der Waals surface area contributed by atoms with E-state index >= 15 is 0 Å². The summed E-state index contributed by atoms with van der Waals surface area (Å²) in [6.45, 7) is 2.05. The summed E-state index contributed by atoms with van der Waals surface area (Å²) in [5, 5.41) is 8.79. The zero-order chi connectivity index (χ0) is 14.0. The van der Waals surface area contributed by atoms with Crippen LogP contribution in [-0.4, -0.2) is 30.5 Å². The van der Waals surface area contributed by atoms with Crippen molar-refractivity contribution in [3.05, 3.63) is 23.4 Å². The molecule has 1 aromatic heterocycles. The Morgan fingerprint density at radius 3 is 2.95 bits per heavy atom. The topological polar surface area (TPSA) is 83.3 Å². The summed E-state index contributed by atoms with van der Waals surface area (Å²) in [6, 6.07) is 3.66. The third-order valence-electron chi connectivity index (χ3n) is 3.09. The molecule has 1 fully saturated rings. The Hall–Kier alpha value is -2.42. The van der Waals surface area contributed by atoms with Crippen LogP contribution in [0.1, 0.15) is 17.5 Å². The fourth-order valence-corrected chi connectivity index (χ4v) is 2.15. The van der Waals surface area contributed by atoms with Crippen molar-refractivity contribution in [1.29, 1.82) is 5.26 Å². The molecule has 98 valence electrons. The zero-order valence-electron chi connectivity index (χ0n) is 10.7. The van der Waals surface area contributed by atoms with Crippen molar-refractivity contribution >= 4 is 17.7 Å². The van der Waals surface area contributed by atoms with Gasteiger partial charge in [0, 0.05) is 19.2 Å². The first-order valence-corrected chi connectivity index (χ1v) is 5.81. The summed E-state index contributed by atoms with van der Waals surface area (Å²) in [6.07, 6.45) is 1.55. The molecule has 0 radical (unpaired) electrons. The summed E-state index contributed by atoms with van der Waals surface area (Å²) in [7, 11) is 1.31. The van der Waals surface area contributed by atoms with Crippen molar-refractivity contribution in [2.45, 2.75) is 13.3 Å². The van der Waals surface area contributed by atoms with Crippen LogP contribution in [0.15, 0.2) is 12.3 Å². The summed E-state index contributed by atoms with van der Waals surface area (Å²) >= 11 is 0. The molecule has 6 nitrogen and oxygen atoms in total. The molecular formula is C13H13N3O3. The lowest BCUT2D eigenvalue weighted by Crippen LogP contribution is -2.27. The number of nitriles is 1. The predicted molar refractivity (Wildman–Crippen MR) is 66.2 cm³/mol. The maximum atomic E-state index is 11.9. The van der Waals surface area contributed by atoms with Crippen LogP contribution in [0.3, 0.4) is 0 Å². The van der Waals surface area contributed by atoms with E-state index in [1.165, 1.54) is 18.2 Å². The Balaban J connectivity index is 2.26. The molecule has 0 aliphatic carbocycles. The molecule has 1 aromatic rings. The molecule has 19 heavy (non-hydrogen) atoms. The van der Waals surface area contributed by atoms with E-state index in [1.807, 2.05) is 6.07 Å². The van der Waals surface area contributed by atoms with Crippen LogP contribution < -0.4 is 4.90 Å². The minimum Gasteiger partial charge on any atom is -0.469 e. The van der Waals surface area contributed by atoms with Crippen LogP contribution in [0.4, 0.5) is 5.82 Å². The molecule has 2 heterocycles. The highest BCUT2D eigenvalue weighted by Gasteiger charge is 2.36. The molecule has 1 atom stereocenters. The van der Waals surface area contributed by atoms with Crippen LogP contribution in [0.5, 0.6) is 0 Å². The largest absolute Gasteiger partial charge is 0.469 e. The second-order valence-corrected chi connectivity index (χ2v) is 4.40. The van der Waals surface area contributed by atoms with E-state index in [0.717, 1.165) is 5.56 Å². The van der Waals surface area contributed by atoms with Gasteiger partial charge in [0.25, 0.3) is 0 Å². The third-order valence-corrected chi connectivity index (χ3v) is 3.09. The smallest absolute Gasteiger partial charge is 0.311 e. The average Bonchev–Trinajstić information content (AvgIpc) is 2.79. The Labute approximate surface area is 110 Å². The first-order chi connectivity index (χ1) is 9.06. The van der Waals surface area contributed by atoms with Gasteiger partial charge in [0.1, 0.15) is 11.9 Å². The van der Waals surface area contributed by atoms with E-state index in [-0.39, 0.29) is 24.8 Å². The Morgan fingerprint density at radius 1 is 1.63 bits per heavy atom. The van der Waals surface area contributed by atoms with Crippen molar-refractivity contribution in [3.63, 3.8) is 0 Å². The van der Waals surface area contributed by atoms with Crippen molar-refractivity contribution in [3.8, 4) is 6.07 Å². The van der Waals surface area contributed by atoms with Gasteiger partial charge in [-0.3, -0.25) is 14.5 Å². The lowest BCUT2D eigenvalue weighted by atomic mass is 10.1. The molecule has 1 saturated heterocycles. The Morgan fingerprint density at radius 2 is 2.37 bits per heavy atom. The van der Waals surface area contributed by atoms with Crippen molar-refractivity contribution in [2.75, 3.05) is 18.6 Å². The van der Waals surface area contributed by atoms with Crippen LogP contribution in [0.2, 0.25) is 0 Å². The quantitative estimate of drug-likeness (QED) is 0.733. The van der Waals surface area contributed by atoms with Crippen molar-refractivity contribution in [1.82, 2.24) is 4.98 Å². The number of ether oxygens (including phenoxy) is 1. The average molecular weight is 259 g/mol. The predicted octanol–water partition coefficient (Wildman–Crippen LogP) is 0.788. The number of hydrogen-bond donors (Lipinski definition) is 0. The number of anilines is 1. The third kappa shape index (κ3) is 2.40. The van der Waals surface area contributed by atoms with Gasteiger partial charge in [-0.1, -0.05) is 0 Å². The van der Waals surface area contributed by atoms with Gasteiger partial charge in [-0.2, -0.15) is 5.26 Å². The van der Waals surface area contributed by atoms with Gasteiger partial charge in [0.2, 0.25) is 5.91 Å². The zero-order valence-corrected chi connectivity index (χ0v) is 10.7. The van der Waals surface area contributed by atoms with Crippen LogP contribution in [0, 0.1) is 24.2 Å². The molecule has 1 aliphatic rings. The fraction of sp³-hybridized carbons (Fsp3) is 0.385. The molecule has 1 amide bonds. The van der Waals surface area contributed by atoms with E-state index in [0.29, 0.717) is 11.4 Å². The summed E-state index contributed by atoms with van der Waals surface area (Å²) in [5.41, 5.74) is 1.18. The molecule has 0 bridgehead atoms. The number of rotatable bonds is 2.